The monoisotopic (exact) mass is 308 g/mol. The van der Waals surface area contributed by atoms with E-state index in [1.54, 1.807) is 12.1 Å². The van der Waals surface area contributed by atoms with E-state index in [1.807, 2.05) is 0 Å². The van der Waals surface area contributed by atoms with E-state index in [-0.39, 0.29) is 29.2 Å². The number of carbonyl (C=O) groups excluding carboxylic acids is 1. The quantitative estimate of drug-likeness (QED) is 0.929. The van der Waals surface area contributed by atoms with Gasteiger partial charge in [0.05, 0.1) is 17.8 Å². The lowest BCUT2D eigenvalue weighted by Gasteiger charge is -2.45. The van der Waals surface area contributed by atoms with E-state index in [9.17, 15) is 9.18 Å². The van der Waals surface area contributed by atoms with E-state index in [4.69, 9.17) is 4.74 Å². The van der Waals surface area contributed by atoms with E-state index < -0.39 is 5.82 Å². The zero-order chi connectivity index (χ0) is 16.3. The summed E-state index contributed by atoms with van der Waals surface area (Å²) < 4.78 is 19.4. The molecule has 1 N–H and O–H groups in total. The Morgan fingerprint density at radius 2 is 1.91 bits per heavy atom. The van der Waals surface area contributed by atoms with E-state index in [1.165, 1.54) is 12.1 Å². The third-order valence-corrected chi connectivity index (χ3v) is 4.08. The van der Waals surface area contributed by atoms with Gasteiger partial charge in [-0.1, -0.05) is 12.1 Å². The van der Waals surface area contributed by atoms with Crippen molar-refractivity contribution in [3.63, 3.8) is 0 Å². The number of ether oxygens (including phenoxy) is 1. The molecule has 5 heteroatoms. The molecule has 4 nitrogen and oxygen atoms in total. The normalized spacial score (nSPS) is 23.3. The Morgan fingerprint density at radius 1 is 1.32 bits per heavy atom. The lowest BCUT2D eigenvalue weighted by Crippen LogP contribution is -2.58. The largest absolute Gasteiger partial charge is 0.373 e. The van der Waals surface area contributed by atoms with Crippen LogP contribution < -0.4 is 5.32 Å². The lowest BCUT2D eigenvalue weighted by molar-refractivity contribution is -0.0948. The Morgan fingerprint density at radius 3 is 2.50 bits per heavy atom. The highest BCUT2D eigenvalue weighted by atomic mass is 19.1. The minimum Gasteiger partial charge on any atom is -0.373 e. The summed E-state index contributed by atoms with van der Waals surface area (Å²) in [6.45, 7) is 10.4. The van der Waals surface area contributed by atoms with Crippen molar-refractivity contribution in [2.75, 3.05) is 19.6 Å². The number of amides is 1. The Labute approximate surface area is 131 Å². The molecule has 2 rings (SSSR count). The number of nitrogens with zero attached hydrogens (tertiary/aromatic N) is 1. The van der Waals surface area contributed by atoms with Crippen LogP contribution in [0.15, 0.2) is 24.3 Å². The third kappa shape index (κ3) is 4.05. The highest BCUT2D eigenvalue weighted by Gasteiger charge is 2.33. The van der Waals surface area contributed by atoms with E-state index >= 15 is 0 Å². The fourth-order valence-corrected chi connectivity index (χ4v) is 2.82. The van der Waals surface area contributed by atoms with Crippen molar-refractivity contribution in [1.29, 1.82) is 0 Å². The van der Waals surface area contributed by atoms with E-state index in [0.717, 1.165) is 13.1 Å². The summed E-state index contributed by atoms with van der Waals surface area (Å²) >= 11 is 0. The number of nitrogens with one attached hydrogen (secondary N) is 1. The molecule has 1 aliphatic rings. The van der Waals surface area contributed by atoms with Crippen LogP contribution >= 0.6 is 0 Å². The van der Waals surface area contributed by atoms with Crippen molar-refractivity contribution in [2.24, 2.45) is 0 Å². The summed E-state index contributed by atoms with van der Waals surface area (Å²) in [6, 6.07) is 6.03. The number of carbonyl (C=O) groups is 1. The number of benzene rings is 1. The molecule has 1 aliphatic heterocycles. The number of halogens is 1. The van der Waals surface area contributed by atoms with Crippen LogP contribution in [0, 0.1) is 5.82 Å². The summed E-state index contributed by atoms with van der Waals surface area (Å²) in [7, 11) is 0. The fourth-order valence-electron chi connectivity index (χ4n) is 2.82. The highest BCUT2D eigenvalue weighted by Crippen LogP contribution is 2.20. The first kappa shape index (κ1) is 16.9. The van der Waals surface area contributed by atoms with Gasteiger partial charge in [-0.15, -0.1) is 0 Å². The van der Waals surface area contributed by atoms with Crippen molar-refractivity contribution in [3.8, 4) is 0 Å². The maximum absolute atomic E-state index is 13.6. The van der Waals surface area contributed by atoms with Crippen LogP contribution in [0.4, 0.5) is 4.39 Å². The summed E-state index contributed by atoms with van der Waals surface area (Å²) in [6.07, 6.45) is 0.343. The number of rotatable bonds is 4. The van der Waals surface area contributed by atoms with Crippen LogP contribution in [0.3, 0.4) is 0 Å². The average Bonchev–Trinajstić information content (AvgIpc) is 2.44. The van der Waals surface area contributed by atoms with E-state index in [0.29, 0.717) is 6.54 Å². The van der Waals surface area contributed by atoms with E-state index in [2.05, 4.69) is 37.9 Å². The molecule has 0 bridgehead atoms. The van der Waals surface area contributed by atoms with Gasteiger partial charge < -0.3 is 10.1 Å². The topological polar surface area (TPSA) is 41.6 Å². The molecule has 1 heterocycles. The van der Waals surface area contributed by atoms with Gasteiger partial charge in [0.25, 0.3) is 5.91 Å². The van der Waals surface area contributed by atoms with Crippen molar-refractivity contribution in [2.45, 2.75) is 45.4 Å². The van der Waals surface area contributed by atoms with Gasteiger partial charge in [-0.05, 0) is 39.8 Å². The molecule has 1 fully saturated rings. The van der Waals surface area contributed by atoms with Gasteiger partial charge in [-0.3, -0.25) is 9.69 Å². The Kier molecular flexibility index (Phi) is 5.19. The maximum atomic E-state index is 13.6. The standard InChI is InChI=1S/C17H25FN2O2/c1-12-9-20(10-13(2)22-12)17(3,4)11-19-16(21)14-7-5-6-8-15(14)18/h5-8,12-13H,9-11H2,1-4H3,(H,19,21)/t12-,13+. The van der Waals surface area contributed by atoms with Crippen molar-refractivity contribution in [3.05, 3.63) is 35.6 Å². The second kappa shape index (κ2) is 6.75. The molecule has 1 aromatic carbocycles. The molecule has 0 radical (unpaired) electrons. The summed E-state index contributed by atoms with van der Waals surface area (Å²) in [4.78, 5) is 14.4. The highest BCUT2D eigenvalue weighted by molar-refractivity contribution is 5.94. The number of hydrogen-bond acceptors (Lipinski definition) is 3. The fraction of sp³-hybridized carbons (Fsp3) is 0.588. The summed E-state index contributed by atoms with van der Waals surface area (Å²) in [5.74, 6) is -0.869. The molecule has 0 saturated carbocycles. The van der Waals surface area contributed by atoms with Crippen molar-refractivity contribution in [1.82, 2.24) is 10.2 Å². The molecule has 1 saturated heterocycles. The zero-order valence-electron chi connectivity index (χ0n) is 13.7. The van der Waals surface area contributed by atoms with Crippen LogP contribution in [-0.4, -0.2) is 48.2 Å². The molecule has 1 aromatic rings. The van der Waals surface area contributed by atoms with Gasteiger partial charge in [0, 0.05) is 25.2 Å². The lowest BCUT2D eigenvalue weighted by atomic mass is 10.00. The first-order chi connectivity index (χ1) is 10.3. The minimum absolute atomic E-state index is 0.0852. The molecular weight excluding hydrogens is 283 g/mol. The number of hydrogen-bond donors (Lipinski definition) is 1. The van der Waals surface area contributed by atoms with Crippen LogP contribution in [-0.2, 0) is 4.74 Å². The second-order valence-corrected chi connectivity index (χ2v) is 6.64. The van der Waals surface area contributed by atoms with Crippen molar-refractivity contribution >= 4 is 5.91 Å². The smallest absolute Gasteiger partial charge is 0.254 e. The maximum Gasteiger partial charge on any atom is 0.254 e. The Balaban J connectivity index is 1.97. The summed E-state index contributed by atoms with van der Waals surface area (Å²) in [5, 5.41) is 2.85. The molecule has 1 amide bonds. The molecule has 122 valence electrons. The number of morpholine rings is 1. The van der Waals surface area contributed by atoms with Gasteiger partial charge in [0.1, 0.15) is 5.82 Å². The minimum atomic E-state index is -0.494. The zero-order valence-corrected chi connectivity index (χ0v) is 13.7. The van der Waals surface area contributed by atoms with Crippen LogP contribution in [0.1, 0.15) is 38.1 Å². The van der Waals surface area contributed by atoms with Crippen LogP contribution in [0.25, 0.3) is 0 Å². The molecular formula is C17H25FN2O2. The predicted molar refractivity (Wildman–Crippen MR) is 84.4 cm³/mol. The van der Waals surface area contributed by atoms with Gasteiger partial charge in [-0.25, -0.2) is 4.39 Å². The molecule has 0 unspecified atom stereocenters. The second-order valence-electron chi connectivity index (χ2n) is 6.64. The van der Waals surface area contributed by atoms with Crippen LogP contribution in [0.5, 0.6) is 0 Å². The molecule has 2 atom stereocenters. The molecule has 0 aromatic heterocycles. The summed E-state index contributed by atoms with van der Waals surface area (Å²) in [5.41, 5.74) is -0.130. The van der Waals surface area contributed by atoms with Gasteiger partial charge in [0.15, 0.2) is 0 Å². The Hall–Kier alpha value is -1.46. The third-order valence-electron chi connectivity index (χ3n) is 4.08. The molecule has 0 spiro atoms. The Bertz CT molecular complexity index is 523. The molecule has 0 aliphatic carbocycles. The predicted octanol–water partition coefficient (Wildman–Crippen LogP) is 2.44. The van der Waals surface area contributed by atoms with Crippen molar-refractivity contribution < 1.29 is 13.9 Å². The van der Waals surface area contributed by atoms with Gasteiger partial charge in [-0.2, -0.15) is 0 Å². The van der Waals surface area contributed by atoms with Gasteiger partial charge in [0.2, 0.25) is 0 Å². The molecule has 22 heavy (non-hydrogen) atoms. The SMILES string of the molecule is C[C@@H]1CN(C(C)(C)CNC(=O)c2ccccc2F)C[C@H](C)O1. The first-order valence-corrected chi connectivity index (χ1v) is 7.73. The van der Waals surface area contributed by atoms with Gasteiger partial charge >= 0.3 is 0 Å². The average molecular weight is 308 g/mol. The first-order valence-electron chi connectivity index (χ1n) is 7.73. The van der Waals surface area contributed by atoms with Crippen LogP contribution in [0.2, 0.25) is 0 Å².